The minimum Gasteiger partial charge on any atom is -0.478 e. The van der Waals surface area contributed by atoms with Gasteiger partial charge in [-0.25, -0.2) is 9.59 Å². The predicted octanol–water partition coefficient (Wildman–Crippen LogP) is 4.92. The highest BCUT2D eigenvalue weighted by Gasteiger charge is 2.57. The fourth-order valence-electron chi connectivity index (χ4n) is 10.4. The van der Waals surface area contributed by atoms with Crippen molar-refractivity contribution in [3.8, 4) is 0 Å². The largest absolute Gasteiger partial charge is 0.478 e. The van der Waals surface area contributed by atoms with E-state index in [0.717, 1.165) is 102 Å². The van der Waals surface area contributed by atoms with E-state index in [1.807, 2.05) is 6.08 Å². The van der Waals surface area contributed by atoms with Crippen molar-refractivity contribution in [1.82, 2.24) is 14.9 Å². The number of allylic oxidation sites excluding steroid dienone is 6. The molecule has 53 heavy (non-hydrogen) atoms. The third kappa shape index (κ3) is 7.57. The standard InChI is InChI=1S/C37H50N6O2.C4H4O4/c1-36-13-11-27(44)23-26(36)7-8-28-29-9-10-31(37(29,2)14-12-30(28)36)32(45)25-40-19-21-42(22-20-40)34-24-33(41-15-3-4-16-41)38-35(39-34)43-17-5-6-18-43;5-3(6)1-2-4(7)8/h11-13,23-24,28-29,31H,3-10,14-22,25H2,1-2H3;1-2H,(H,5,6)(H,7,8)/b;2-1+/t28?,29?,31-,36?,37?;/m1./s1. The van der Waals surface area contributed by atoms with Crippen LogP contribution in [0.1, 0.15) is 71.6 Å². The summed E-state index contributed by atoms with van der Waals surface area (Å²) < 4.78 is 0. The molecular formula is C41H54N6O6. The number of hydrogen-bond donors (Lipinski definition) is 2. The van der Waals surface area contributed by atoms with Crippen molar-refractivity contribution in [3.05, 3.63) is 53.7 Å². The van der Waals surface area contributed by atoms with Gasteiger partial charge in [-0.3, -0.25) is 14.5 Å². The van der Waals surface area contributed by atoms with Gasteiger partial charge in [-0.15, -0.1) is 0 Å². The summed E-state index contributed by atoms with van der Waals surface area (Å²) in [6.45, 7) is 13.1. The lowest BCUT2D eigenvalue weighted by Crippen LogP contribution is -2.50. The monoisotopic (exact) mass is 726 g/mol. The van der Waals surface area contributed by atoms with E-state index in [-0.39, 0.29) is 22.5 Å². The maximum atomic E-state index is 14.0. The van der Waals surface area contributed by atoms with Gasteiger partial charge in [0.15, 0.2) is 5.78 Å². The Bertz CT molecular complexity index is 1680. The Morgan fingerprint density at radius 1 is 0.830 bits per heavy atom. The molecule has 5 atom stereocenters. The van der Waals surface area contributed by atoms with Crippen LogP contribution in [0, 0.1) is 28.6 Å². The number of carbonyl (C=O) groups is 4. The van der Waals surface area contributed by atoms with E-state index >= 15 is 0 Å². The highest BCUT2D eigenvalue weighted by Crippen LogP contribution is 2.64. The van der Waals surface area contributed by atoms with Gasteiger partial charge in [-0.05, 0) is 94.1 Å². The number of carboxylic acids is 2. The number of carboxylic acid groups (broad SMARTS) is 2. The maximum Gasteiger partial charge on any atom is 0.328 e. The first kappa shape index (κ1) is 37.0. The number of piperazine rings is 1. The van der Waals surface area contributed by atoms with Crippen molar-refractivity contribution in [3.63, 3.8) is 0 Å². The van der Waals surface area contributed by atoms with Crippen LogP contribution in [-0.4, -0.2) is 107 Å². The summed E-state index contributed by atoms with van der Waals surface area (Å²) >= 11 is 0. The van der Waals surface area contributed by atoms with E-state index in [4.69, 9.17) is 20.2 Å². The van der Waals surface area contributed by atoms with Gasteiger partial charge in [0.2, 0.25) is 5.95 Å². The molecule has 4 aliphatic carbocycles. The zero-order chi connectivity index (χ0) is 37.3. The number of ketones is 2. The second-order valence-corrected chi connectivity index (χ2v) is 16.4. The van der Waals surface area contributed by atoms with Gasteiger partial charge in [-0.1, -0.05) is 30.2 Å². The van der Waals surface area contributed by atoms with Crippen LogP contribution in [0.2, 0.25) is 0 Å². The normalized spacial score (nSPS) is 31.0. The molecule has 1 aromatic heterocycles. The SMILES string of the molecule is CC12C=CC(=O)C=C1CCC1C2=CCC2(C)C1CC[C@@H]2C(=O)CN1CCN(c2cc(N3CCCC3)nc(N3CCCC3)n2)CC1.O=C(O)/C=C/C(=O)O. The third-order valence-electron chi connectivity index (χ3n) is 13.3. The molecule has 0 amide bonds. The van der Waals surface area contributed by atoms with E-state index in [1.54, 1.807) is 6.08 Å². The molecule has 3 saturated heterocycles. The van der Waals surface area contributed by atoms with Gasteiger partial charge in [0.05, 0.1) is 6.54 Å². The van der Waals surface area contributed by atoms with Crippen molar-refractivity contribution in [2.75, 3.05) is 73.6 Å². The lowest BCUT2D eigenvalue weighted by atomic mass is 9.52. The molecule has 284 valence electrons. The lowest BCUT2D eigenvalue weighted by Gasteiger charge is -2.52. The molecule has 2 saturated carbocycles. The summed E-state index contributed by atoms with van der Waals surface area (Å²) in [7, 11) is 0. The van der Waals surface area contributed by atoms with Gasteiger partial charge >= 0.3 is 11.9 Å². The summed E-state index contributed by atoms with van der Waals surface area (Å²) in [6.07, 6.45) is 19.6. The molecular weight excluding hydrogens is 672 g/mol. The van der Waals surface area contributed by atoms with Crippen LogP contribution in [0.3, 0.4) is 0 Å². The average Bonchev–Trinajstić information content (AvgIpc) is 3.94. The molecule has 12 heteroatoms. The maximum absolute atomic E-state index is 14.0. The average molecular weight is 727 g/mol. The van der Waals surface area contributed by atoms with E-state index in [2.05, 4.69) is 51.7 Å². The molecule has 1 aromatic rings. The number of carbonyl (C=O) groups excluding carboxylic acids is 2. The van der Waals surface area contributed by atoms with Crippen molar-refractivity contribution in [2.45, 2.75) is 71.6 Å². The Kier molecular flexibility index (Phi) is 10.6. The molecule has 0 radical (unpaired) electrons. The van der Waals surface area contributed by atoms with Gasteiger partial charge in [0.25, 0.3) is 0 Å². The Balaban J connectivity index is 0.000000491. The molecule has 2 N–H and O–H groups in total. The van der Waals surface area contributed by atoms with Crippen molar-refractivity contribution < 1.29 is 29.4 Å². The Hall–Kier alpha value is -4.32. The fraction of sp³-hybridized carbons (Fsp3) is 0.610. The molecule has 0 spiro atoms. The van der Waals surface area contributed by atoms with E-state index in [0.29, 0.717) is 36.3 Å². The summed E-state index contributed by atoms with van der Waals surface area (Å²) in [4.78, 5) is 64.9. The zero-order valence-corrected chi connectivity index (χ0v) is 31.2. The molecule has 4 unspecified atom stereocenters. The number of rotatable bonds is 8. The van der Waals surface area contributed by atoms with Crippen LogP contribution in [0.5, 0.6) is 0 Å². The topological polar surface area (TPSA) is 147 Å². The minimum absolute atomic E-state index is 0.0394. The summed E-state index contributed by atoms with van der Waals surface area (Å²) in [6, 6.07) is 2.21. The van der Waals surface area contributed by atoms with Crippen LogP contribution in [0.15, 0.2) is 53.7 Å². The first-order valence-corrected chi connectivity index (χ1v) is 19.6. The quantitative estimate of drug-likeness (QED) is 0.277. The molecule has 12 nitrogen and oxygen atoms in total. The first-order chi connectivity index (χ1) is 25.4. The Morgan fingerprint density at radius 3 is 2.06 bits per heavy atom. The Morgan fingerprint density at radius 2 is 1.43 bits per heavy atom. The molecule has 8 rings (SSSR count). The molecule has 0 aromatic carbocycles. The first-order valence-electron chi connectivity index (χ1n) is 19.6. The molecule has 4 heterocycles. The summed E-state index contributed by atoms with van der Waals surface area (Å²) in [5.41, 5.74) is 2.72. The number of anilines is 3. The third-order valence-corrected chi connectivity index (χ3v) is 13.3. The highest BCUT2D eigenvalue weighted by atomic mass is 16.4. The van der Waals surface area contributed by atoms with Gasteiger partial charge < -0.3 is 24.9 Å². The number of aromatic nitrogens is 2. The van der Waals surface area contributed by atoms with Crippen LogP contribution in [-0.2, 0) is 19.2 Å². The van der Waals surface area contributed by atoms with Crippen LogP contribution >= 0.6 is 0 Å². The fourth-order valence-corrected chi connectivity index (χ4v) is 10.4. The number of aliphatic carboxylic acids is 2. The van der Waals surface area contributed by atoms with E-state index in [9.17, 15) is 19.2 Å². The van der Waals surface area contributed by atoms with Gasteiger partial charge in [-0.2, -0.15) is 9.97 Å². The minimum atomic E-state index is -1.26. The number of fused-ring (bicyclic) bond motifs is 5. The van der Waals surface area contributed by atoms with E-state index < -0.39 is 11.9 Å². The highest BCUT2D eigenvalue weighted by molar-refractivity contribution is 6.01. The Labute approximate surface area is 312 Å². The molecule has 5 fully saturated rings. The van der Waals surface area contributed by atoms with Crippen molar-refractivity contribution in [2.24, 2.45) is 28.6 Å². The van der Waals surface area contributed by atoms with Crippen molar-refractivity contribution in [1.29, 1.82) is 0 Å². The predicted molar refractivity (Wildman–Crippen MR) is 203 cm³/mol. The zero-order valence-electron chi connectivity index (χ0n) is 31.2. The number of Topliss-reactive ketones (excluding diaryl/α,β-unsaturated/α-hetero) is 1. The second kappa shape index (κ2) is 15.2. The van der Waals surface area contributed by atoms with Crippen molar-refractivity contribution >= 4 is 41.1 Å². The van der Waals surface area contributed by atoms with Crippen LogP contribution in [0.4, 0.5) is 17.6 Å². The summed E-state index contributed by atoms with van der Waals surface area (Å²) in [5.74, 6) is 2.31. The molecule has 3 aliphatic heterocycles. The van der Waals surface area contributed by atoms with Gasteiger partial charge in [0.1, 0.15) is 17.4 Å². The lowest BCUT2D eigenvalue weighted by molar-refractivity contribution is -0.134. The van der Waals surface area contributed by atoms with Gasteiger partial charge in [0, 0.05) is 81.9 Å². The number of hydrogen-bond acceptors (Lipinski definition) is 10. The second-order valence-electron chi connectivity index (χ2n) is 16.4. The van der Waals surface area contributed by atoms with E-state index in [1.165, 1.54) is 36.8 Å². The number of nitrogens with zero attached hydrogens (tertiary/aromatic N) is 6. The smallest absolute Gasteiger partial charge is 0.328 e. The summed E-state index contributed by atoms with van der Waals surface area (Å²) in [5, 5.41) is 15.6. The van der Waals surface area contributed by atoms with Crippen LogP contribution in [0.25, 0.3) is 0 Å². The van der Waals surface area contributed by atoms with Crippen LogP contribution < -0.4 is 14.7 Å². The molecule has 0 bridgehead atoms. The molecule has 7 aliphatic rings.